The Kier molecular flexibility index (Phi) is 6.66. The molecule has 188 valence electrons. The van der Waals surface area contributed by atoms with Crippen molar-refractivity contribution in [3.8, 4) is 0 Å². The van der Waals surface area contributed by atoms with Gasteiger partial charge in [0.25, 0.3) is 0 Å². The van der Waals surface area contributed by atoms with E-state index in [2.05, 4.69) is 25.7 Å². The molecule has 0 bridgehead atoms. The van der Waals surface area contributed by atoms with Crippen LogP contribution in [0.25, 0.3) is 0 Å². The molecule has 0 aromatic heterocycles. The molecule has 4 heteroatoms. The molecule has 0 aromatic carbocycles. The molecule has 1 saturated heterocycles. The van der Waals surface area contributed by atoms with E-state index in [4.69, 9.17) is 4.74 Å². The Morgan fingerprint density at radius 1 is 1.03 bits per heavy atom. The number of methoxy groups -OCH3 is 1. The second-order valence-corrected chi connectivity index (χ2v) is 13.3. The van der Waals surface area contributed by atoms with Crippen LogP contribution in [0.5, 0.6) is 0 Å². The van der Waals surface area contributed by atoms with Crippen molar-refractivity contribution < 1.29 is 14.6 Å². The van der Waals surface area contributed by atoms with Crippen molar-refractivity contribution >= 4 is 5.91 Å². The van der Waals surface area contributed by atoms with Crippen molar-refractivity contribution in [1.29, 1.82) is 0 Å². The van der Waals surface area contributed by atoms with Crippen molar-refractivity contribution in [3.63, 3.8) is 0 Å². The minimum absolute atomic E-state index is 0.106. The van der Waals surface area contributed by atoms with Crippen LogP contribution in [0.15, 0.2) is 0 Å². The van der Waals surface area contributed by atoms with Crippen LogP contribution in [-0.2, 0) is 9.53 Å². The van der Waals surface area contributed by atoms with Gasteiger partial charge >= 0.3 is 0 Å². The van der Waals surface area contributed by atoms with Crippen LogP contribution in [0.1, 0.15) is 97.8 Å². The van der Waals surface area contributed by atoms with Crippen LogP contribution in [0.2, 0.25) is 0 Å². The van der Waals surface area contributed by atoms with Gasteiger partial charge in [-0.1, -0.05) is 20.8 Å². The summed E-state index contributed by atoms with van der Waals surface area (Å²) in [5, 5.41) is 10.4. The van der Waals surface area contributed by atoms with E-state index in [1.54, 1.807) is 0 Å². The topological polar surface area (TPSA) is 49.8 Å². The van der Waals surface area contributed by atoms with Crippen molar-refractivity contribution in [2.45, 2.75) is 110 Å². The molecule has 5 fully saturated rings. The molecule has 4 saturated carbocycles. The van der Waals surface area contributed by atoms with E-state index in [-0.39, 0.29) is 6.10 Å². The van der Waals surface area contributed by atoms with Gasteiger partial charge in [-0.2, -0.15) is 0 Å². The van der Waals surface area contributed by atoms with Gasteiger partial charge < -0.3 is 14.7 Å². The Bertz CT molecular complexity index is 720. The number of carbonyl (C=O) groups is 1. The Morgan fingerprint density at radius 3 is 2.45 bits per heavy atom. The highest BCUT2D eigenvalue weighted by Crippen LogP contribution is 2.68. The SMILES string of the molecule is CO[C@@H]1C[C@@H]2C[C@H](O)CC[C@]2(C)[C@H]2CC[C@]3(C)C([C@H](C)CCC(=O)N4CCCC4)CC[C@H]3[C@H]12. The number of carbonyl (C=O) groups excluding carboxylic acids is 1. The van der Waals surface area contributed by atoms with E-state index < -0.39 is 0 Å². The molecule has 1 N–H and O–H groups in total. The molecule has 1 heterocycles. The number of hydrogen-bond donors (Lipinski definition) is 1. The third-order valence-electron chi connectivity index (χ3n) is 12.0. The number of ether oxygens (including phenoxy) is 1. The molecule has 0 spiro atoms. The second-order valence-electron chi connectivity index (χ2n) is 13.3. The van der Waals surface area contributed by atoms with E-state index in [0.717, 1.165) is 62.9 Å². The summed E-state index contributed by atoms with van der Waals surface area (Å²) < 4.78 is 6.24. The number of aliphatic hydroxyl groups is 1. The van der Waals surface area contributed by atoms with E-state index in [0.29, 0.717) is 40.6 Å². The Morgan fingerprint density at radius 2 is 1.73 bits per heavy atom. The van der Waals surface area contributed by atoms with E-state index in [1.165, 1.54) is 44.9 Å². The highest BCUT2D eigenvalue weighted by molar-refractivity contribution is 5.76. The summed E-state index contributed by atoms with van der Waals surface area (Å²) in [5.41, 5.74) is 0.775. The summed E-state index contributed by atoms with van der Waals surface area (Å²) in [7, 11) is 1.94. The monoisotopic (exact) mass is 459 g/mol. The van der Waals surface area contributed by atoms with Crippen LogP contribution in [-0.4, -0.2) is 48.3 Å². The third-order valence-corrected chi connectivity index (χ3v) is 12.0. The Hall–Kier alpha value is -0.610. The molecule has 0 aromatic rings. The minimum Gasteiger partial charge on any atom is -0.393 e. The zero-order valence-electron chi connectivity index (χ0n) is 21.7. The molecule has 1 amide bonds. The fourth-order valence-electron chi connectivity index (χ4n) is 10.1. The van der Waals surface area contributed by atoms with Gasteiger partial charge in [-0.25, -0.2) is 0 Å². The summed E-state index contributed by atoms with van der Waals surface area (Å²) in [6.45, 7) is 9.57. The number of likely N-dealkylation sites (tertiary alicyclic amines) is 1. The Balaban J connectivity index is 1.30. The third kappa shape index (κ3) is 3.99. The highest BCUT2D eigenvalue weighted by atomic mass is 16.5. The smallest absolute Gasteiger partial charge is 0.222 e. The van der Waals surface area contributed by atoms with Gasteiger partial charge in [-0.05, 0) is 117 Å². The number of fused-ring (bicyclic) bond motifs is 5. The van der Waals surface area contributed by atoms with Gasteiger partial charge in [0.05, 0.1) is 12.2 Å². The van der Waals surface area contributed by atoms with Crippen LogP contribution in [0, 0.1) is 46.3 Å². The quantitative estimate of drug-likeness (QED) is 0.576. The number of nitrogens with zero attached hydrogens (tertiary/aromatic N) is 1. The lowest BCUT2D eigenvalue weighted by molar-refractivity contribution is -0.181. The average Bonchev–Trinajstić information content (AvgIpc) is 3.45. The number of aliphatic hydroxyl groups excluding tert-OH is 1. The largest absolute Gasteiger partial charge is 0.393 e. The normalized spacial score (nSPS) is 48.2. The molecule has 5 rings (SSSR count). The lowest BCUT2D eigenvalue weighted by Crippen LogP contribution is -2.59. The molecule has 4 aliphatic carbocycles. The molecule has 5 aliphatic rings. The number of amides is 1. The molecule has 1 aliphatic heterocycles. The molecular formula is C29H49NO3. The van der Waals surface area contributed by atoms with E-state index >= 15 is 0 Å². The summed E-state index contributed by atoms with van der Waals surface area (Å²) in [5.74, 6) is 4.56. The van der Waals surface area contributed by atoms with Gasteiger partial charge in [-0.15, -0.1) is 0 Å². The fourth-order valence-corrected chi connectivity index (χ4v) is 10.1. The summed E-state index contributed by atoms with van der Waals surface area (Å²) in [6, 6.07) is 0. The van der Waals surface area contributed by atoms with Gasteiger partial charge in [0.1, 0.15) is 0 Å². The first-order chi connectivity index (χ1) is 15.8. The van der Waals surface area contributed by atoms with Crippen LogP contribution in [0.3, 0.4) is 0 Å². The zero-order chi connectivity index (χ0) is 23.4. The van der Waals surface area contributed by atoms with Gasteiger partial charge in [-0.3, -0.25) is 4.79 Å². The fraction of sp³-hybridized carbons (Fsp3) is 0.966. The first-order valence-electron chi connectivity index (χ1n) is 14.3. The maximum Gasteiger partial charge on any atom is 0.222 e. The van der Waals surface area contributed by atoms with Crippen molar-refractivity contribution in [2.24, 2.45) is 46.3 Å². The maximum absolute atomic E-state index is 12.7. The first kappa shape index (κ1) is 24.1. The standard InChI is InChI=1S/C29H49NO3/c1-19(7-10-26(32)30-15-5-6-16-30)22-8-9-23-27-24(12-14-29(22,23)3)28(2)13-11-21(31)17-20(28)18-25(27)33-4/h19-25,27,31H,5-18H2,1-4H3/t19-,20+,21-,22?,23+,24+,25-,27+,28+,29-/m1/s1. The predicted molar refractivity (Wildman–Crippen MR) is 132 cm³/mol. The molecule has 33 heavy (non-hydrogen) atoms. The molecule has 4 nitrogen and oxygen atoms in total. The van der Waals surface area contributed by atoms with Gasteiger partial charge in [0, 0.05) is 26.6 Å². The highest BCUT2D eigenvalue weighted by Gasteiger charge is 2.63. The average molecular weight is 460 g/mol. The van der Waals surface area contributed by atoms with Gasteiger partial charge in [0.2, 0.25) is 5.91 Å². The molecule has 10 atom stereocenters. The zero-order valence-corrected chi connectivity index (χ0v) is 21.7. The van der Waals surface area contributed by atoms with Crippen LogP contribution >= 0.6 is 0 Å². The molecule has 1 unspecified atom stereocenters. The predicted octanol–water partition coefficient (Wildman–Crippen LogP) is 5.67. The van der Waals surface area contributed by atoms with E-state index in [1.807, 2.05) is 7.11 Å². The lowest BCUT2D eigenvalue weighted by Gasteiger charge is -2.63. The maximum atomic E-state index is 12.7. The number of rotatable bonds is 5. The van der Waals surface area contributed by atoms with Crippen LogP contribution < -0.4 is 0 Å². The summed E-state index contributed by atoms with van der Waals surface area (Å²) in [4.78, 5) is 14.8. The van der Waals surface area contributed by atoms with E-state index in [9.17, 15) is 9.90 Å². The number of hydrogen-bond acceptors (Lipinski definition) is 3. The summed E-state index contributed by atoms with van der Waals surface area (Å²) in [6.07, 6.45) is 14.1. The lowest BCUT2D eigenvalue weighted by atomic mass is 9.43. The second kappa shape index (κ2) is 9.12. The Labute approximate surface area is 202 Å². The van der Waals surface area contributed by atoms with Gasteiger partial charge in [0.15, 0.2) is 0 Å². The van der Waals surface area contributed by atoms with Crippen molar-refractivity contribution in [1.82, 2.24) is 4.90 Å². The van der Waals surface area contributed by atoms with Crippen molar-refractivity contribution in [2.75, 3.05) is 20.2 Å². The first-order valence-corrected chi connectivity index (χ1v) is 14.3. The van der Waals surface area contributed by atoms with Crippen molar-refractivity contribution in [3.05, 3.63) is 0 Å². The van der Waals surface area contributed by atoms with Crippen LogP contribution in [0.4, 0.5) is 0 Å². The summed E-state index contributed by atoms with van der Waals surface area (Å²) >= 11 is 0. The molecule has 0 radical (unpaired) electrons. The molecular weight excluding hydrogens is 410 g/mol. The minimum atomic E-state index is -0.106.